The number of rotatable bonds is 4. The molecule has 0 radical (unpaired) electrons. The molecule has 0 saturated heterocycles. The highest BCUT2D eigenvalue weighted by atomic mass is 19.1. The van der Waals surface area contributed by atoms with E-state index in [4.69, 9.17) is 5.11 Å². The molecule has 0 aliphatic rings. The van der Waals surface area contributed by atoms with Gasteiger partial charge < -0.3 is 10.4 Å². The predicted molar refractivity (Wildman–Crippen MR) is 45.9 cm³/mol. The Morgan fingerprint density at radius 3 is 2.27 bits per heavy atom. The van der Waals surface area contributed by atoms with Gasteiger partial charge in [-0.3, -0.25) is 4.79 Å². The van der Waals surface area contributed by atoms with E-state index in [1.54, 1.807) is 0 Å². The van der Waals surface area contributed by atoms with Gasteiger partial charge in [0.15, 0.2) is 6.04 Å². The van der Waals surface area contributed by atoms with Gasteiger partial charge in [0.05, 0.1) is 0 Å². The molecule has 1 aromatic carbocycles. The smallest absolute Gasteiger partial charge is 0.330 e. The van der Waals surface area contributed by atoms with Gasteiger partial charge in [-0.15, -0.1) is 0 Å². The van der Waals surface area contributed by atoms with Crippen molar-refractivity contribution in [1.82, 2.24) is 5.32 Å². The molecule has 0 fully saturated rings. The first-order valence-corrected chi connectivity index (χ1v) is 3.93. The minimum Gasteiger partial charge on any atom is -0.479 e. The number of nitrogens with one attached hydrogen (secondary N) is 1. The molecule has 0 aliphatic carbocycles. The van der Waals surface area contributed by atoms with Crippen molar-refractivity contribution >= 4 is 12.4 Å². The first-order chi connectivity index (χ1) is 7.04. The zero-order chi connectivity index (χ0) is 11.4. The maximum absolute atomic E-state index is 12.7. The van der Waals surface area contributed by atoms with E-state index in [2.05, 4.69) is 0 Å². The first kappa shape index (κ1) is 11.1. The summed E-state index contributed by atoms with van der Waals surface area (Å²) < 4.78 is 25.5. The number of carbonyl (C=O) groups is 2. The van der Waals surface area contributed by atoms with Gasteiger partial charge in [-0.25, -0.2) is 13.6 Å². The Kier molecular flexibility index (Phi) is 3.33. The third-order valence-corrected chi connectivity index (χ3v) is 1.70. The monoisotopic (exact) mass is 215 g/mol. The molecule has 1 atom stereocenters. The van der Waals surface area contributed by atoms with Crippen LogP contribution in [0.15, 0.2) is 18.2 Å². The summed E-state index contributed by atoms with van der Waals surface area (Å²) in [6.45, 7) is 0. The molecular weight excluding hydrogens is 208 g/mol. The third kappa shape index (κ3) is 2.73. The summed E-state index contributed by atoms with van der Waals surface area (Å²) in [5.74, 6) is -3.19. The molecule has 1 rings (SSSR count). The Hall–Kier alpha value is -1.98. The second kappa shape index (κ2) is 4.50. The van der Waals surface area contributed by atoms with Gasteiger partial charge in [-0.1, -0.05) is 0 Å². The Morgan fingerprint density at radius 2 is 1.87 bits per heavy atom. The third-order valence-electron chi connectivity index (χ3n) is 1.70. The minimum atomic E-state index is -1.45. The van der Waals surface area contributed by atoms with Crippen LogP contribution in [0.2, 0.25) is 0 Å². The van der Waals surface area contributed by atoms with Gasteiger partial charge in [0.25, 0.3) is 0 Å². The van der Waals surface area contributed by atoms with Crippen LogP contribution in [0, 0.1) is 11.6 Å². The fourth-order valence-corrected chi connectivity index (χ4v) is 1.12. The summed E-state index contributed by atoms with van der Waals surface area (Å²) in [7, 11) is 0. The number of hydrogen-bond donors (Lipinski definition) is 2. The zero-order valence-electron chi connectivity index (χ0n) is 7.41. The van der Waals surface area contributed by atoms with Crippen molar-refractivity contribution in [2.24, 2.45) is 0 Å². The van der Waals surface area contributed by atoms with Crippen LogP contribution < -0.4 is 5.32 Å². The van der Waals surface area contributed by atoms with Crippen molar-refractivity contribution in [2.75, 3.05) is 0 Å². The van der Waals surface area contributed by atoms with Crippen LogP contribution >= 0.6 is 0 Å². The van der Waals surface area contributed by atoms with Crippen LogP contribution in [0.25, 0.3) is 0 Å². The summed E-state index contributed by atoms with van der Waals surface area (Å²) in [6, 6.07) is 0.854. The quantitative estimate of drug-likeness (QED) is 0.731. The van der Waals surface area contributed by atoms with E-state index in [9.17, 15) is 18.4 Å². The molecule has 1 unspecified atom stereocenters. The maximum Gasteiger partial charge on any atom is 0.330 e. The van der Waals surface area contributed by atoms with Crippen molar-refractivity contribution in [3.8, 4) is 0 Å². The highest BCUT2D eigenvalue weighted by Crippen LogP contribution is 2.16. The van der Waals surface area contributed by atoms with E-state index in [0.717, 1.165) is 12.1 Å². The number of halogens is 2. The van der Waals surface area contributed by atoms with Gasteiger partial charge in [0.1, 0.15) is 11.6 Å². The normalized spacial score (nSPS) is 11.9. The summed E-state index contributed by atoms with van der Waals surface area (Å²) in [5.41, 5.74) is -0.160. The van der Waals surface area contributed by atoms with Crippen LogP contribution in [0.5, 0.6) is 0 Å². The number of benzene rings is 1. The molecule has 2 N–H and O–H groups in total. The maximum atomic E-state index is 12.7. The molecule has 0 aromatic heterocycles. The highest BCUT2D eigenvalue weighted by molar-refractivity contribution is 5.78. The summed E-state index contributed by atoms with van der Waals surface area (Å²) in [5, 5.41) is 10.6. The molecule has 4 nitrogen and oxygen atoms in total. The van der Waals surface area contributed by atoms with E-state index >= 15 is 0 Å². The molecule has 6 heteroatoms. The predicted octanol–water partition coefficient (Wildman–Crippen LogP) is 0.837. The van der Waals surface area contributed by atoms with Gasteiger partial charge >= 0.3 is 5.97 Å². The Morgan fingerprint density at radius 1 is 1.33 bits per heavy atom. The summed E-state index contributed by atoms with van der Waals surface area (Å²) >= 11 is 0. The molecule has 0 bridgehead atoms. The summed E-state index contributed by atoms with van der Waals surface area (Å²) in [6.07, 6.45) is 0.154. The van der Waals surface area contributed by atoms with Gasteiger partial charge in [-0.2, -0.15) is 0 Å². The van der Waals surface area contributed by atoms with E-state index < -0.39 is 23.6 Å². The second-order valence-electron chi connectivity index (χ2n) is 2.76. The van der Waals surface area contributed by atoms with Crippen LogP contribution in [0.4, 0.5) is 8.78 Å². The van der Waals surface area contributed by atoms with Crippen LogP contribution in [0.3, 0.4) is 0 Å². The SMILES string of the molecule is O=CNC(C(=O)O)c1cc(F)cc(F)c1. The molecule has 15 heavy (non-hydrogen) atoms. The second-order valence-corrected chi connectivity index (χ2v) is 2.76. The van der Waals surface area contributed by atoms with Crippen molar-refractivity contribution in [3.63, 3.8) is 0 Å². The average molecular weight is 215 g/mol. The fourth-order valence-electron chi connectivity index (χ4n) is 1.12. The Bertz CT molecular complexity index is 375. The zero-order valence-corrected chi connectivity index (χ0v) is 7.41. The average Bonchev–Trinajstić information content (AvgIpc) is 2.11. The largest absolute Gasteiger partial charge is 0.479 e. The molecule has 0 aliphatic heterocycles. The van der Waals surface area contributed by atoms with Crippen LogP contribution in [0.1, 0.15) is 11.6 Å². The highest BCUT2D eigenvalue weighted by Gasteiger charge is 2.20. The lowest BCUT2D eigenvalue weighted by molar-refractivity contribution is -0.140. The summed E-state index contributed by atoms with van der Waals surface area (Å²) in [4.78, 5) is 20.7. The number of carboxylic acid groups (broad SMARTS) is 1. The fraction of sp³-hybridized carbons (Fsp3) is 0.111. The lowest BCUT2D eigenvalue weighted by Crippen LogP contribution is -2.27. The van der Waals surface area contributed by atoms with Crippen LogP contribution in [-0.2, 0) is 9.59 Å². The molecule has 1 aromatic rings. The lowest BCUT2D eigenvalue weighted by Gasteiger charge is -2.11. The number of amides is 1. The van der Waals surface area contributed by atoms with Gasteiger partial charge in [-0.05, 0) is 17.7 Å². The molecule has 0 heterocycles. The topological polar surface area (TPSA) is 66.4 Å². The molecule has 80 valence electrons. The van der Waals surface area contributed by atoms with E-state index in [1.165, 1.54) is 0 Å². The minimum absolute atomic E-state index is 0.154. The van der Waals surface area contributed by atoms with Crippen LogP contribution in [-0.4, -0.2) is 17.5 Å². The number of carboxylic acids is 1. The van der Waals surface area contributed by atoms with Crippen molar-refractivity contribution in [2.45, 2.75) is 6.04 Å². The van der Waals surface area contributed by atoms with Crippen molar-refractivity contribution in [1.29, 1.82) is 0 Å². The van der Waals surface area contributed by atoms with Crippen molar-refractivity contribution < 1.29 is 23.5 Å². The molecule has 1 amide bonds. The molecule has 0 spiro atoms. The number of carbonyl (C=O) groups excluding carboxylic acids is 1. The van der Waals surface area contributed by atoms with E-state index in [-0.39, 0.29) is 12.0 Å². The number of aliphatic carboxylic acids is 1. The van der Waals surface area contributed by atoms with E-state index in [1.807, 2.05) is 5.32 Å². The van der Waals surface area contributed by atoms with Crippen molar-refractivity contribution in [3.05, 3.63) is 35.4 Å². The number of hydrogen-bond acceptors (Lipinski definition) is 2. The Labute approximate surface area is 83.5 Å². The van der Waals surface area contributed by atoms with Gasteiger partial charge in [0, 0.05) is 6.07 Å². The van der Waals surface area contributed by atoms with Gasteiger partial charge in [0.2, 0.25) is 6.41 Å². The lowest BCUT2D eigenvalue weighted by atomic mass is 10.1. The molecule has 0 saturated carbocycles. The van der Waals surface area contributed by atoms with E-state index in [0.29, 0.717) is 6.07 Å². The Balaban J connectivity index is 3.10. The standard InChI is InChI=1S/C9H7F2NO3/c10-6-1-5(2-7(11)3-6)8(9(14)15)12-4-13/h1-4,8H,(H,12,13)(H,14,15). The first-order valence-electron chi connectivity index (χ1n) is 3.93. The molecular formula is C9H7F2NO3.